The highest BCUT2D eigenvalue weighted by Gasteiger charge is 2.10. The number of hydrogen-bond acceptors (Lipinski definition) is 5. The number of methoxy groups -OCH3 is 1. The fourth-order valence-corrected chi connectivity index (χ4v) is 2.08. The monoisotopic (exact) mass is 374 g/mol. The van der Waals surface area contributed by atoms with Gasteiger partial charge in [0.05, 0.1) is 20.1 Å². The Morgan fingerprint density at radius 2 is 1.63 bits per heavy atom. The molecule has 142 valence electrons. The largest absolute Gasteiger partial charge is 0.497 e. The lowest BCUT2D eigenvalue weighted by molar-refractivity contribution is -0.147. The number of amides is 2. The van der Waals surface area contributed by atoms with E-state index in [1.165, 1.54) is 24.3 Å². The molecule has 2 aromatic carbocycles. The molecule has 0 aromatic heterocycles. The van der Waals surface area contributed by atoms with Crippen LogP contribution in [0.25, 0.3) is 0 Å². The second-order valence-corrected chi connectivity index (χ2v) is 5.52. The zero-order valence-electron chi connectivity index (χ0n) is 14.7. The summed E-state index contributed by atoms with van der Waals surface area (Å²) in [5, 5.41) is 4.82. The van der Waals surface area contributed by atoms with Crippen LogP contribution >= 0.6 is 0 Å². The van der Waals surface area contributed by atoms with Crippen LogP contribution in [0.4, 0.5) is 10.1 Å². The topological polar surface area (TPSA) is 93.7 Å². The Hall–Kier alpha value is -3.42. The van der Waals surface area contributed by atoms with Gasteiger partial charge in [-0.05, 0) is 42.0 Å². The highest BCUT2D eigenvalue weighted by atomic mass is 19.1. The number of halogens is 1. The number of anilines is 1. The van der Waals surface area contributed by atoms with Crippen molar-refractivity contribution in [2.75, 3.05) is 25.6 Å². The predicted molar refractivity (Wildman–Crippen MR) is 95.7 cm³/mol. The van der Waals surface area contributed by atoms with Crippen molar-refractivity contribution in [1.82, 2.24) is 5.32 Å². The Morgan fingerprint density at radius 1 is 0.963 bits per heavy atom. The molecule has 0 unspecified atom stereocenters. The first-order valence-electron chi connectivity index (χ1n) is 8.07. The van der Waals surface area contributed by atoms with Crippen molar-refractivity contribution in [1.29, 1.82) is 0 Å². The third-order valence-electron chi connectivity index (χ3n) is 3.45. The summed E-state index contributed by atoms with van der Waals surface area (Å²) in [6.07, 6.45) is 0.0162. The van der Waals surface area contributed by atoms with Crippen molar-refractivity contribution in [2.45, 2.75) is 6.42 Å². The second-order valence-electron chi connectivity index (χ2n) is 5.52. The van der Waals surface area contributed by atoms with Crippen LogP contribution in [0.2, 0.25) is 0 Å². The van der Waals surface area contributed by atoms with E-state index >= 15 is 0 Å². The number of esters is 1. The highest BCUT2D eigenvalue weighted by Crippen LogP contribution is 2.12. The highest BCUT2D eigenvalue weighted by molar-refractivity contribution is 5.94. The Balaban J connectivity index is 1.66. The molecule has 0 saturated heterocycles. The molecule has 2 rings (SSSR count). The van der Waals surface area contributed by atoms with Crippen LogP contribution in [0, 0.1) is 5.82 Å². The van der Waals surface area contributed by atoms with E-state index in [0.29, 0.717) is 11.4 Å². The van der Waals surface area contributed by atoms with E-state index in [-0.39, 0.29) is 13.0 Å². The maximum Gasteiger partial charge on any atom is 0.310 e. The molecule has 0 radical (unpaired) electrons. The molecule has 0 bridgehead atoms. The fourth-order valence-electron chi connectivity index (χ4n) is 2.08. The standard InChI is InChI=1S/C19H19FN2O5/c1-26-16-8-2-13(3-9-16)10-19(25)27-12-18(24)21-11-17(23)22-15-6-4-14(20)5-7-15/h2-9H,10-12H2,1H3,(H,21,24)(H,22,23). The summed E-state index contributed by atoms with van der Waals surface area (Å²) in [5.74, 6) is -1.40. The zero-order chi connectivity index (χ0) is 19.6. The van der Waals surface area contributed by atoms with Gasteiger partial charge in [-0.3, -0.25) is 14.4 Å². The van der Waals surface area contributed by atoms with E-state index in [1.54, 1.807) is 31.4 Å². The second kappa shape index (κ2) is 9.91. The molecular formula is C19H19FN2O5. The summed E-state index contributed by atoms with van der Waals surface area (Å²) in [7, 11) is 1.54. The average molecular weight is 374 g/mol. The number of nitrogens with one attached hydrogen (secondary N) is 2. The quantitative estimate of drug-likeness (QED) is 0.686. The molecule has 0 atom stereocenters. The molecule has 27 heavy (non-hydrogen) atoms. The Morgan fingerprint density at radius 3 is 2.26 bits per heavy atom. The number of hydrogen-bond donors (Lipinski definition) is 2. The predicted octanol–water partition coefficient (Wildman–Crippen LogP) is 1.67. The summed E-state index contributed by atoms with van der Waals surface area (Å²) in [6.45, 7) is -0.787. The number of carbonyl (C=O) groups is 3. The summed E-state index contributed by atoms with van der Waals surface area (Å²) < 4.78 is 22.7. The van der Waals surface area contributed by atoms with Crippen molar-refractivity contribution in [2.24, 2.45) is 0 Å². The van der Waals surface area contributed by atoms with Crippen LogP contribution in [-0.2, 0) is 25.5 Å². The van der Waals surface area contributed by atoms with Crippen molar-refractivity contribution in [3.63, 3.8) is 0 Å². The molecule has 0 aliphatic rings. The van der Waals surface area contributed by atoms with Gasteiger partial charge >= 0.3 is 5.97 Å². The molecule has 0 fully saturated rings. The van der Waals surface area contributed by atoms with Gasteiger partial charge in [0.1, 0.15) is 11.6 Å². The summed E-state index contributed by atoms with van der Waals surface area (Å²) in [5.41, 5.74) is 1.13. The Labute approximate surface area is 155 Å². The van der Waals surface area contributed by atoms with Gasteiger partial charge in [0.25, 0.3) is 5.91 Å². The maximum absolute atomic E-state index is 12.8. The van der Waals surface area contributed by atoms with Gasteiger partial charge in [-0.25, -0.2) is 4.39 Å². The van der Waals surface area contributed by atoms with Crippen molar-refractivity contribution in [3.05, 3.63) is 59.9 Å². The molecule has 2 N–H and O–H groups in total. The molecule has 0 aliphatic heterocycles. The third kappa shape index (κ3) is 7.15. The van der Waals surface area contributed by atoms with E-state index < -0.39 is 30.2 Å². The number of benzene rings is 2. The van der Waals surface area contributed by atoms with E-state index in [1.807, 2.05) is 0 Å². The summed E-state index contributed by atoms with van der Waals surface area (Å²) >= 11 is 0. The van der Waals surface area contributed by atoms with Crippen LogP contribution in [0.3, 0.4) is 0 Å². The minimum absolute atomic E-state index is 0.0162. The first kappa shape index (κ1) is 19.9. The van der Waals surface area contributed by atoms with E-state index in [4.69, 9.17) is 9.47 Å². The van der Waals surface area contributed by atoms with Crippen molar-refractivity contribution in [3.8, 4) is 5.75 Å². The molecule has 0 heterocycles. The molecule has 2 aromatic rings. The van der Waals surface area contributed by atoms with Crippen LogP contribution in [-0.4, -0.2) is 38.0 Å². The number of ether oxygens (including phenoxy) is 2. The summed E-state index contributed by atoms with van der Waals surface area (Å²) in [6, 6.07) is 12.1. The van der Waals surface area contributed by atoms with Gasteiger partial charge in [0, 0.05) is 5.69 Å². The molecule has 8 heteroatoms. The molecule has 0 spiro atoms. The van der Waals surface area contributed by atoms with Gasteiger partial charge in [-0.2, -0.15) is 0 Å². The molecule has 7 nitrogen and oxygen atoms in total. The van der Waals surface area contributed by atoms with E-state index in [2.05, 4.69) is 10.6 Å². The zero-order valence-corrected chi connectivity index (χ0v) is 14.7. The van der Waals surface area contributed by atoms with Crippen LogP contribution in [0.1, 0.15) is 5.56 Å². The maximum atomic E-state index is 12.8. The van der Waals surface area contributed by atoms with Crippen molar-refractivity contribution < 1.29 is 28.2 Å². The van der Waals surface area contributed by atoms with Gasteiger partial charge in [0.15, 0.2) is 6.61 Å². The van der Waals surface area contributed by atoms with Crippen LogP contribution in [0.5, 0.6) is 5.75 Å². The summed E-state index contributed by atoms with van der Waals surface area (Å²) in [4.78, 5) is 35.1. The Bertz CT molecular complexity index is 791. The van der Waals surface area contributed by atoms with Crippen molar-refractivity contribution >= 4 is 23.5 Å². The van der Waals surface area contributed by atoms with E-state index in [0.717, 1.165) is 5.56 Å². The number of carbonyl (C=O) groups excluding carboxylic acids is 3. The lowest BCUT2D eigenvalue weighted by atomic mass is 10.1. The van der Waals surface area contributed by atoms with E-state index in [9.17, 15) is 18.8 Å². The average Bonchev–Trinajstić information content (AvgIpc) is 2.67. The van der Waals surface area contributed by atoms with Gasteiger partial charge < -0.3 is 20.1 Å². The lowest BCUT2D eigenvalue weighted by Gasteiger charge is -2.08. The van der Waals surface area contributed by atoms with Crippen LogP contribution < -0.4 is 15.4 Å². The van der Waals surface area contributed by atoms with Gasteiger partial charge in [-0.1, -0.05) is 12.1 Å². The van der Waals surface area contributed by atoms with Gasteiger partial charge in [-0.15, -0.1) is 0 Å². The minimum Gasteiger partial charge on any atom is -0.497 e. The minimum atomic E-state index is -0.604. The molecule has 2 amide bonds. The third-order valence-corrected chi connectivity index (χ3v) is 3.45. The van der Waals surface area contributed by atoms with Gasteiger partial charge in [0.2, 0.25) is 5.91 Å². The SMILES string of the molecule is COc1ccc(CC(=O)OCC(=O)NCC(=O)Nc2ccc(F)cc2)cc1. The fraction of sp³-hybridized carbons (Fsp3) is 0.211. The first-order valence-corrected chi connectivity index (χ1v) is 8.07. The molecule has 0 aliphatic carbocycles. The normalized spacial score (nSPS) is 10.0. The lowest BCUT2D eigenvalue weighted by Crippen LogP contribution is -2.35. The number of rotatable bonds is 8. The first-order chi connectivity index (χ1) is 13.0. The molecular weight excluding hydrogens is 355 g/mol. The molecule has 0 saturated carbocycles. The van der Waals surface area contributed by atoms with Crippen LogP contribution in [0.15, 0.2) is 48.5 Å². The Kier molecular flexibility index (Phi) is 7.30. The smallest absolute Gasteiger partial charge is 0.310 e.